The summed E-state index contributed by atoms with van der Waals surface area (Å²) >= 11 is 7.29. The van der Waals surface area contributed by atoms with E-state index in [1.165, 1.54) is 6.92 Å². The first kappa shape index (κ1) is 26.8. The number of hydrogen-bond acceptors (Lipinski definition) is 5. The third-order valence-electron chi connectivity index (χ3n) is 3.05. The fourth-order valence-corrected chi connectivity index (χ4v) is 6.25. The van der Waals surface area contributed by atoms with Crippen molar-refractivity contribution in [1.82, 2.24) is 5.32 Å². The van der Waals surface area contributed by atoms with Crippen LogP contribution in [0.4, 0.5) is 13.2 Å². The Balaban J connectivity index is 3.56. The summed E-state index contributed by atoms with van der Waals surface area (Å²) in [6, 6.07) is -2.87. The summed E-state index contributed by atoms with van der Waals surface area (Å²) in [6.45, 7) is 1.50. The molecule has 15 heteroatoms. The first-order chi connectivity index (χ1) is 12.6. The summed E-state index contributed by atoms with van der Waals surface area (Å²) in [4.78, 5) is 25.0. The first-order valence-electron chi connectivity index (χ1n) is 6.97. The van der Waals surface area contributed by atoms with Crippen LogP contribution >= 0.6 is 90.4 Å². The van der Waals surface area contributed by atoms with Crippen LogP contribution in [-0.2, 0) is 14.9 Å². The SMILES string of the molecule is CCOC(=O)c1c(I)c(I)c(I)c(I)c1C(=O)NC(CS(=O)(=O)O)C(F)(F)F. The number of rotatable bonds is 6. The number of hydrogen-bond donors (Lipinski definition) is 2. The van der Waals surface area contributed by atoms with E-state index in [0.717, 1.165) is 0 Å². The molecule has 0 aliphatic heterocycles. The molecule has 0 fully saturated rings. The third kappa shape index (κ3) is 6.90. The van der Waals surface area contributed by atoms with Crippen molar-refractivity contribution >= 4 is 112 Å². The number of esters is 1. The van der Waals surface area contributed by atoms with Crippen molar-refractivity contribution in [2.45, 2.75) is 19.1 Å². The highest BCUT2D eigenvalue weighted by Gasteiger charge is 2.44. The van der Waals surface area contributed by atoms with Crippen LogP contribution in [0, 0.1) is 14.3 Å². The van der Waals surface area contributed by atoms with Crippen LogP contribution in [0.3, 0.4) is 0 Å². The van der Waals surface area contributed by atoms with E-state index in [1.807, 2.05) is 45.2 Å². The summed E-state index contributed by atoms with van der Waals surface area (Å²) in [5.74, 6) is -3.97. The Bertz CT molecular complexity index is 907. The number of benzene rings is 1. The number of amides is 1. The fourth-order valence-electron chi connectivity index (χ4n) is 1.90. The van der Waals surface area contributed by atoms with Crippen molar-refractivity contribution in [3.63, 3.8) is 0 Å². The highest BCUT2D eigenvalue weighted by atomic mass is 127. The van der Waals surface area contributed by atoms with Gasteiger partial charge in [0.15, 0.2) is 0 Å². The van der Waals surface area contributed by atoms with Crippen molar-refractivity contribution < 1.29 is 40.5 Å². The van der Waals surface area contributed by atoms with E-state index in [9.17, 15) is 31.2 Å². The molecule has 0 spiro atoms. The van der Waals surface area contributed by atoms with Crippen LogP contribution in [0.5, 0.6) is 0 Å². The van der Waals surface area contributed by atoms with Gasteiger partial charge in [0.2, 0.25) is 0 Å². The molecular weight excluding hydrogens is 863 g/mol. The van der Waals surface area contributed by atoms with Crippen LogP contribution in [0.15, 0.2) is 0 Å². The minimum absolute atomic E-state index is 0.0248. The lowest BCUT2D eigenvalue weighted by atomic mass is 10.1. The van der Waals surface area contributed by atoms with E-state index >= 15 is 0 Å². The number of nitrogens with one attached hydrogen (secondary N) is 1. The Morgan fingerprint density at radius 1 is 1.07 bits per heavy atom. The van der Waals surface area contributed by atoms with Gasteiger partial charge >= 0.3 is 12.1 Å². The largest absolute Gasteiger partial charge is 0.462 e. The smallest absolute Gasteiger partial charge is 0.409 e. The molecule has 1 aromatic carbocycles. The molecule has 0 radical (unpaired) electrons. The summed E-state index contributed by atoms with van der Waals surface area (Å²) in [5, 5.41) is 1.56. The molecule has 0 saturated carbocycles. The molecule has 0 bridgehead atoms. The Morgan fingerprint density at radius 2 is 1.54 bits per heavy atom. The third-order valence-corrected chi connectivity index (χ3v) is 11.2. The van der Waals surface area contributed by atoms with Crippen LogP contribution in [0.25, 0.3) is 0 Å². The highest BCUT2D eigenvalue weighted by molar-refractivity contribution is 14.1. The van der Waals surface area contributed by atoms with Crippen molar-refractivity contribution in [3.05, 3.63) is 25.4 Å². The maximum absolute atomic E-state index is 13.1. The Morgan fingerprint density at radius 3 is 1.93 bits per heavy atom. The van der Waals surface area contributed by atoms with Crippen molar-refractivity contribution in [1.29, 1.82) is 0 Å². The molecule has 28 heavy (non-hydrogen) atoms. The zero-order valence-electron chi connectivity index (χ0n) is 13.5. The number of ether oxygens (including phenoxy) is 1. The Kier molecular flexibility index (Phi) is 9.95. The standard InChI is InChI=1S/C13H10F3I4NO6S/c1-2-27-12(23)6-5(7(17)9(19)10(20)8(6)18)11(22)21-4(13(14,15)16)3-28(24,25)26/h4H,2-3H2,1H3,(H,21,22)(H,24,25,26). The van der Waals surface area contributed by atoms with Gasteiger partial charge in [-0.2, -0.15) is 21.6 Å². The van der Waals surface area contributed by atoms with Crippen molar-refractivity contribution in [3.8, 4) is 0 Å². The molecule has 0 aliphatic carbocycles. The topological polar surface area (TPSA) is 110 Å². The number of carbonyl (C=O) groups is 2. The monoisotopic (exact) mass is 873 g/mol. The molecule has 0 aliphatic rings. The number of carbonyl (C=O) groups excluding carboxylic acids is 2. The van der Waals surface area contributed by atoms with Gasteiger partial charge in [0.1, 0.15) is 11.8 Å². The molecule has 1 rings (SSSR count). The van der Waals surface area contributed by atoms with Crippen LogP contribution in [-0.4, -0.2) is 49.4 Å². The second kappa shape index (κ2) is 10.4. The van der Waals surface area contributed by atoms with Gasteiger partial charge in [-0.1, -0.05) is 0 Å². The molecular formula is C13H10F3I4NO6S. The zero-order chi connectivity index (χ0) is 22.0. The molecule has 0 aromatic heterocycles. The number of halogens is 7. The minimum Gasteiger partial charge on any atom is -0.462 e. The first-order valence-corrected chi connectivity index (χ1v) is 12.9. The predicted octanol–water partition coefficient (Wildman–Crippen LogP) is 3.83. The summed E-state index contributed by atoms with van der Waals surface area (Å²) in [6.07, 6.45) is -5.15. The maximum Gasteiger partial charge on any atom is 0.409 e. The van der Waals surface area contributed by atoms with E-state index < -0.39 is 40.0 Å². The molecule has 0 saturated heterocycles. The lowest BCUT2D eigenvalue weighted by molar-refractivity contribution is -0.148. The molecule has 1 aromatic rings. The second-order valence-electron chi connectivity index (χ2n) is 5.04. The maximum atomic E-state index is 13.1. The van der Waals surface area contributed by atoms with Gasteiger partial charge in [0, 0.05) is 14.3 Å². The van der Waals surface area contributed by atoms with Crippen molar-refractivity contribution in [2.75, 3.05) is 12.4 Å². The van der Waals surface area contributed by atoms with Crippen molar-refractivity contribution in [2.24, 2.45) is 0 Å². The van der Waals surface area contributed by atoms with Crippen LogP contribution < -0.4 is 5.32 Å². The van der Waals surface area contributed by atoms with Crippen LogP contribution in [0.1, 0.15) is 27.6 Å². The molecule has 7 nitrogen and oxygen atoms in total. The summed E-state index contributed by atoms with van der Waals surface area (Å²) in [5.41, 5.74) is -0.584. The quantitative estimate of drug-likeness (QED) is 0.148. The second-order valence-corrected chi connectivity index (χ2v) is 10.9. The van der Waals surface area contributed by atoms with E-state index in [-0.39, 0.29) is 21.3 Å². The van der Waals surface area contributed by atoms with Gasteiger partial charge in [-0.25, -0.2) is 4.79 Å². The Labute approximate surface area is 212 Å². The molecule has 1 atom stereocenters. The zero-order valence-corrected chi connectivity index (χ0v) is 23.0. The molecule has 0 heterocycles. The number of alkyl halides is 3. The van der Waals surface area contributed by atoms with Gasteiger partial charge < -0.3 is 10.1 Å². The normalized spacial score (nSPS) is 13.2. The predicted molar refractivity (Wildman–Crippen MR) is 127 cm³/mol. The minimum atomic E-state index is -5.15. The van der Waals surface area contributed by atoms with Crippen LogP contribution in [0.2, 0.25) is 0 Å². The molecule has 1 unspecified atom stereocenters. The van der Waals surface area contributed by atoms with E-state index in [2.05, 4.69) is 0 Å². The van der Waals surface area contributed by atoms with Gasteiger partial charge in [-0.3, -0.25) is 9.35 Å². The fraction of sp³-hybridized carbons (Fsp3) is 0.385. The van der Waals surface area contributed by atoms with Gasteiger partial charge in [-0.05, 0) is 97.3 Å². The van der Waals surface area contributed by atoms with E-state index in [1.54, 1.807) is 50.5 Å². The molecule has 2 N–H and O–H groups in total. The Hall–Kier alpha value is 0.780. The summed E-state index contributed by atoms with van der Waals surface area (Å²) < 4.78 is 76.6. The summed E-state index contributed by atoms with van der Waals surface area (Å²) in [7, 11) is -5.03. The van der Waals surface area contributed by atoms with E-state index in [4.69, 9.17) is 9.29 Å². The van der Waals surface area contributed by atoms with Gasteiger partial charge in [-0.15, -0.1) is 0 Å². The molecule has 1 amide bonds. The molecule has 158 valence electrons. The lowest BCUT2D eigenvalue weighted by Crippen LogP contribution is -2.50. The van der Waals surface area contributed by atoms with Gasteiger partial charge in [0.05, 0.1) is 17.7 Å². The average Bonchev–Trinajstić information content (AvgIpc) is 2.53. The highest BCUT2D eigenvalue weighted by Crippen LogP contribution is 2.34. The average molecular weight is 873 g/mol. The lowest BCUT2D eigenvalue weighted by Gasteiger charge is -2.22. The van der Waals surface area contributed by atoms with Gasteiger partial charge in [0.25, 0.3) is 16.0 Å². The van der Waals surface area contributed by atoms with E-state index in [0.29, 0.717) is 10.7 Å².